The maximum atomic E-state index is 14.8. The van der Waals surface area contributed by atoms with Crippen LogP contribution in [0, 0.1) is 11.2 Å². The van der Waals surface area contributed by atoms with Crippen LogP contribution in [-0.4, -0.2) is 61.0 Å². The zero-order valence-corrected chi connectivity index (χ0v) is 16.5. The molecule has 0 atom stereocenters. The molecule has 29 heavy (non-hydrogen) atoms. The summed E-state index contributed by atoms with van der Waals surface area (Å²) >= 11 is 0. The Morgan fingerprint density at radius 3 is 2.55 bits per heavy atom. The van der Waals surface area contributed by atoms with Gasteiger partial charge in [-0.2, -0.15) is 0 Å². The van der Waals surface area contributed by atoms with Gasteiger partial charge < -0.3 is 25.0 Å². The Bertz CT molecular complexity index is 774. The zero-order chi connectivity index (χ0) is 21.0. The largest absolute Gasteiger partial charge is 0.460 e. The molecule has 0 unspecified atom stereocenters. The van der Waals surface area contributed by atoms with Crippen LogP contribution in [0.15, 0.2) is 18.2 Å². The molecule has 2 saturated heterocycles. The molecule has 0 bridgehead atoms. The number of rotatable bonds is 7. The molecule has 0 radical (unpaired) electrons. The molecule has 8 nitrogen and oxygen atoms in total. The molecule has 2 heterocycles. The van der Waals surface area contributed by atoms with Crippen LogP contribution in [0.1, 0.15) is 31.7 Å². The first-order valence-corrected chi connectivity index (χ1v) is 9.75. The fourth-order valence-electron chi connectivity index (χ4n) is 3.59. The lowest BCUT2D eigenvalue weighted by atomic mass is 10.0. The molecule has 9 heteroatoms. The van der Waals surface area contributed by atoms with E-state index in [9.17, 15) is 14.0 Å². The molecular weight excluding hydrogens is 379 g/mol. The Morgan fingerprint density at radius 2 is 1.93 bits per heavy atom. The minimum Gasteiger partial charge on any atom is -0.460 e. The Hall–Kier alpha value is -2.68. The van der Waals surface area contributed by atoms with Crippen molar-refractivity contribution >= 4 is 23.4 Å². The normalized spacial score (nSPS) is 17.7. The number of benzene rings is 1. The van der Waals surface area contributed by atoms with Crippen LogP contribution in [0.2, 0.25) is 0 Å². The number of esters is 1. The number of hydrogen-bond donors (Lipinski definition) is 2. The molecule has 158 valence electrons. The summed E-state index contributed by atoms with van der Waals surface area (Å²) in [5.41, 5.74) is 5.89. The molecule has 1 amide bonds. The van der Waals surface area contributed by atoms with Crippen molar-refractivity contribution in [3.05, 3.63) is 29.6 Å². The van der Waals surface area contributed by atoms with Gasteiger partial charge in [0, 0.05) is 38.7 Å². The van der Waals surface area contributed by atoms with Crippen LogP contribution < -0.4 is 10.6 Å². The first-order chi connectivity index (χ1) is 13.8. The standard InChI is InChI=1S/C20H27FN4O4/c1-13(26)24-7-5-15(6-8-24)29-16-10-25(11-16)17-4-2-3-14(20(17)21)12-28-19(27)9-18(22)23/h2-4,15-16H,5-12H2,1H3,(H3,22,23). The van der Waals surface area contributed by atoms with Crippen LogP contribution in [-0.2, 0) is 25.7 Å². The van der Waals surface area contributed by atoms with Gasteiger partial charge in [0.25, 0.3) is 0 Å². The minimum absolute atomic E-state index is 0.0420. The highest BCUT2D eigenvalue weighted by molar-refractivity contribution is 5.94. The van der Waals surface area contributed by atoms with Gasteiger partial charge in [0.2, 0.25) is 5.91 Å². The monoisotopic (exact) mass is 406 g/mol. The zero-order valence-electron chi connectivity index (χ0n) is 16.5. The van der Waals surface area contributed by atoms with Crippen molar-refractivity contribution in [1.82, 2.24) is 4.90 Å². The fourth-order valence-corrected chi connectivity index (χ4v) is 3.59. The summed E-state index contributed by atoms with van der Waals surface area (Å²) in [4.78, 5) is 26.6. The van der Waals surface area contributed by atoms with E-state index in [4.69, 9.17) is 20.6 Å². The highest BCUT2D eigenvalue weighted by Gasteiger charge is 2.33. The lowest BCUT2D eigenvalue weighted by Crippen LogP contribution is -2.54. The first-order valence-electron chi connectivity index (χ1n) is 9.75. The predicted octanol–water partition coefficient (Wildman–Crippen LogP) is 1.41. The second kappa shape index (κ2) is 9.21. The molecule has 1 aromatic carbocycles. The van der Waals surface area contributed by atoms with Crippen LogP contribution in [0.4, 0.5) is 10.1 Å². The molecule has 3 rings (SSSR count). The number of nitrogens with two attached hydrogens (primary N) is 1. The van der Waals surface area contributed by atoms with Crippen molar-refractivity contribution < 1.29 is 23.5 Å². The van der Waals surface area contributed by atoms with E-state index < -0.39 is 11.8 Å². The smallest absolute Gasteiger partial charge is 0.313 e. The van der Waals surface area contributed by atoms with E-state index >= 15 is 0 Å². The van der Waals surface area contributed by atoms with E-state index in [0.717, 1.165) is 25.9 Å². The van der Waals surface area contributed by atoms with Crippen LogP contribution in [0.3, 0.4) is 0 Å². The number of amidine groups is 1. The van der Waals surface area contributed by atoms with Gasteiger partial charge in [-0.25, -0.2) is 4.39 Å². The first kappa shape index (κ1) is 21.0. The molecule has 2 fully saturated rings. The Labute approximate surface area is 169 Å². The molecule has 0 spiro atoms. The van der Waals surface area contributed by atoms with Crippen molar-refractivity contribution in [2.45, 2.75) is 45.0 Å². The average molecular weight is 406 g/mol. The van der Waals surface area contributed by atoms with Gasteiger partial charge in [-0.1, -0.05) is 12.1 Å². The number of nitrogens with one attached hydrogen (secondary N) is 1. The van der Waals surface area contributed by atoms with E-state index in [0.29, 0.717) is 18.8 Å². The van der Waals surface area contributed by atoms with E-state index in [1.807, 2.05) is 9.80 Å². The van der Waals surface area contributed by atoms with E-state index in [2.05, 4.69) is 0 Å². The van der Waals surface area contributed by atoms with Crippen molar-refractivity contribution in [3.63, 3.8) is 0 Å². The van der Waals surface area contributed by atoms with E-state index in [1.165, 1.54) is 0 Å². The van der Waals surface area contributed by atoms with Crippen LogP contribution >= 0.6 is 0 Å². The molecule has 1 aromatic rings. The number of hydrogen-bond acceptors (Lipinski definition) is 6. The quantitative estimate of drug-likeness (QED) is 0.403. The number of halogens is 1. The summed E-state index contributed by atoms with van der Waals surface area (Å²) in [5.74, 6) is -1.27. The van der Waals surface area contributed by atoms with Gasteiger partial charge in [-0.15, -0.1) is 0 Å². The summed E-state index contributed by atoms with van der Waals surface area (Å²) < 4.78 is 25.9. The molecule has 0 saturated carbocycles. The summed E-state index contributed by atoms with van der Waals surface area (Å²) in [6, 6.07) is 4.98. The Kier molecular flexibility index (Phi) is 6.68. The molecule has 2 aliphatic rings. The number of amides is 1. The molecule has 0 aliphatic carbocycles. The topological polar surface area (TPSA) is 109 Å². The van der Waals surface area contributed by atoms with Gasteiger partial charge >= 0.3 is 5.97 Å². The molecule has 3 N–H and O–H groups in total. The molecular formula is C20H27FN4O4. The van der Waals surface area contributed by atoms with Gasteiger partial charge in [-0.3, -0.25) is 15.0 Å². The summed E-state index contributed by atoms with van der Waals surface area (Å²) in [7, 11) is 0. The minimum atomic E-state index is -0.657. The van der Waals surface area contributed by atoms with E-state index in [1.54, 1.807) is 25.1 Å². The lowest BCUT2D eigenvalue weighted by Gasteiger charge is -2.43. The molecule has 0 aromatic heterocycles. The highest BCUT2D eigenvalue weighted by atomic mass is 19.1. The van der Waals surface area contributed by atoms with Crippen molar-refractivity contribution in [2.24, 2.45) is 5.73 Å². The summed E-state index contributed by atoms with van der Waals surface area (Å²) in [6.07, 6.45) is 1.52. The van der Waals surface area contributed by atoms with Crippen molar-refractivity contribution in [1.29, 1.82) is 5.41 Å². The van der Waals surface area contributed by atoms with Gasteiger partial charge in [0.15, 0.2) is 5.82 Å². The summed E-state index contributed by atoms with van der Waals surface area (Å²) in [6.45, 7) is 4.01. The SMILES string of the molecule is CC(=O)N1CCC(OC2CN(c3cccc(COC(=O)CC(=N)N)c3F)C2)CC1. The van der Waals surface area contributed by atoms with Crippen molar-refractivity contribution in [3.8, 4) is 0 Å². The number of likely N-dealkylation sites (tertiary alicyclic amines) is 1. The maximum Gasteiger partial charge on any atom is 0.313 e. The van der Waals surface area contributed by atoms with E-state index in [-0.39, 0.29) is 42.5 Å². The van der Waals surface area contributed by atoms with Crippen LogP contribution in [0.25, 0.3) is 0 Å². The van der Waals surface area contributed by atoms with Crippen LogP contribution in [0.5, 0.6) is 0 Å². The highest BCUT2D eigenvalue weighted by Crippen LogP contribution is 2.29. The molecule has 2 aliphatic heterocycles. The number of carbonyl (C=O) groups is 2. The van der Waals surface area contributed by atoms with Gasteiger partial charge in [0.1, 0.15) is 18.9 Å². The second-order valence-corrected chi connectivity index (χ2v) is 7.48. The Morgan fingerprint density at radius 1 is 1.24 bits per heavy atom. The van der Waals surface area contributed by atoms with Gasteiger partial charge in [-0.05, 0) is 18.9 Å². The number of anilines is 1. The maximum absolute atomic E-state index is 14.8. The third-order valence-electron chi connectivity index (χ3n) is 5.24. The number of ether oxygens (including phenoxy) is 2. The third-order valence-corrected chi connectivity index (χ3v) is 5.24. The summed E-state index contributed by atoms with van der Waals surface area (Å²) in [5, 5.41) is 7.08. The predicted molar refractivity (Wildman–Crippen MR) is 105 cm³/mol. The third kappa shape index (κ3) is 5.44. The average Bonchev–Trinajstić information content (AvgIpc) is 2.64. The second-order valence-electron chi connectivity index (χ2n) is 7.48. The Balaban J connectivity index is 1.47. The number of nitrogens with zero attached hydrogens (tertiary/aromatic N) is 2. The fraction of sp³-hybridized carbons (Fsp3) is 0.550. The number of piperidine rings is 1. The van der Waals surface area contributed by atoms with Crippen molar-refractivity contribution in [2.75, 3.05) is 31.1 Å². The lowest BCUT2D eigenvalue weighted by molar-refractivity contribution is -0.143. The van der Waals surface area contributed by atoms with Gasteiger partial charge in [0.05, 0.1) is 17.9 Å². The number of carbonyl (C=O) groups excluding carboxylic acids is 2.